The van der Waals surface area contributed by atoms with Crippen molar-refractivity contribution in [1.82, 2.24) is 0 Å². The zero-order chi connectivity index (χ0) is 19.0. The van der Waals surface area contributed by atoms with Crippen LogP contribution in [0.15, 0.2) is 46.2 Å². The van der Waals surface area contributed by atoms with Gasteiger partial charge >= 0.3 is 0 Å². The molecular weight excluding hydrogens is 360 g/mol. The fraction of sp³-hybridized carbons (Fsp3) is 0.455. The van der Waals surface area contributed by atoms with Crippen LogP contribution in [0.3, 0.4) is 0 Å². The van der Waals surface area contributed by atoms with Crippen LogP contribution in [0.25, 0.3) is 0 Å². The van der Waals surface area contributed by atoms with E-state index in [-0.39, 0.29) is 33.1 Å². The molecule has 2 fully saturated rings. The topological polar surface area (TPSA) is 74.6 Å². The summed E-state index contributed by atoms with van der Waals surface area (Å²) < 4.78 is 26.5. The molecule has 0 saturated heterocycles. The normalized spacial score (nSPS) is 19.0. The molecule has 0 atom stereocenters. The van der Waals surface area contributed by atoms with Crippen molar-refractivity contribution in [3.8, 4) is 11.5 Å². The van der Waals surface area contributed by atoms with Crippen molar-refractivity contribution >= 4 is 9.84 Å². The van der Waals surface area contributed by atoms with Crippen LogP contribution in [-0.2, 0) is 9.84 Å². The standard InChI is InChI=1S/C22H26O4S/c23-21-11-9-17(13-19(21)15-5-1-2-6-15)27(25,26)18-10-12-22(24)20(14-18)16-7-3-4-8-16/h9-16,23-24H,1-8H2. The maximum absolute atomic E-state index is 13.2. The molecule has 0 aromatic heterocycles. The van der Waals surface area contributed by atoms with E-state index in [2.05, 4.69) is 0 Å². The Morgan fingerprint density at radius 2 is 1.04 bits per heavy atom. The van der Waals surface area contributed by atoms with E-state index in [0.29, 0.717) is 0 Å². The summed E-state index contributed by atoms with van der Waals surface area (Å²) in [6.45, 7) is 0. The van der Waals surface area contributed by atoms with Crippen LogP contribution in [-0.4, -0.2) is 18.6 Å². The van der Waals surface area contributed by atoms with Gasteiger partial charge in [0.2, 0.25) is 9.84 Å². The quantitative estimate of drug-likeness (QED) is 0.753. The lowest BCUT2D eigenvalue weighted by Gasteiger charge is -2.16. The van der Waals surface area contributed by atoms with Crippen molar-refractivity contribution < 1.29 is 18.6 Å². The molecule has 2 N–H and O–H groups in total. The van der Waals surface area contributed by atoms with Crippen molar-refractivity contribution in [3.05, 3.63) is 47.5 Å². The molecule has 0 amide bonds. The lowest BCUT2D eigenvalue weighted by atomic mass is 9.97. The van der Waals surface area contributed by atoms with Gasteiger partial charge in [-0.2, -0.15) is 0 Å². The minimum absolute atomic E-state index is 0.179. The van der Waals surface area contributed by atoms with E-state index in [1.54, 1.807) is 12.1 Å². The predicted octanol–water partition coefficient (Wildman–Crippen LogP) is 5.25. The second kappa shape index (κ2) is 7.19. The third-order valence-corrected chi connectivity index (χ3v) is 7.96. The average Bonchev–Trinajstić information content (AvgIpc) is 3.36. The Morgan fingerprint density at radius 1 is 0.667 bits per heavy atom. The number of benzene rings is 2. The second-order valence-electron chi connectivity index (χ2n) is 7.91. The van der Waals surface area contributed by atoms with Crippen LogP contribution in [0.2, 0.25) is 0 Å². The molecule has 0 bridgehead atoms. The molecule has 5 heteroatoms. The molecule has 0 aliphatic heterocycles. The monoisotopic (exact) mass is 386 g/mol. The van der Waals surface area contributed by atoms with Gasteiger partial charge in [-0.15, -0.1) is 0 Å². The Morgan fingerprint density at radius 3 is 1.41 bits per heavy atom. The van der Waals surface area contributed by atoms with Gasteiger partial charge in [0.05, 0.1) is 9.79 Å². The molecule has 0 unspecified atom stereocenters. The Kier molecular flexibility index (Phi) is 4.89. The molecule has 27 heavy (non-hydrogen) atoms. The lowest BCUT2D eigenvalue weighted by molar-refractivity contribution is 0.460. The Hall–Kier alpha value is -2.01. The van der Waals surface area contributed by atoms with E-state index in [9.17, 15) is 18.6 Å². The molecule has 2 aromatic carbocycles. The molecule has 2 aromatic rings. The van der Waals surface area contributed by atoms with Crippen LogP contribution in [0.4, 0.5) is 0 Å². The lowest BCUT2D eigenvalue weighted by Crippen LogP contribution is -2.05. The Labute approximate surface area is 160 Å². The van der Waals surface area contributed by atoms with Crippen LogP contribution < -0.4 is 0 Å². The maximum atomic E-state index is 13.2. The molecule has 4 nitrogen and oxygen atoms in total. The third-order valence-electron chi connectivity index (χ3n) is 6.21. The Bertz CT molecular complexity index is 865. The molecule has 2 aliphatic rings. The number of aromatic hydroxyl groups is 2. The summed E-state index contributed by atoms with van der Waals surface area (Å²) in [6.07, 6.45) is 8.41. The first kappa shape index (κ1) is 18.4. The summed E-state index contributed by atoms with van der Waals surface area (Å²) in [5.41, 5.74) is 1.48. The number of rotatable bonds is 4. The minimum atomic E-state index is -3.70. The molecular formula is C22H26O4S. The van der Waals surface area contributed by atoms with E-state index >= 15 is 0 Å². The number of sulfone groups is 1. The van der Waals surface area contributed by atoms with Gasteiger partial charge in [0.15, 0.2) is 0 Å². The summed E-state index contributed by atoms with van der Waals surface area (Å²) in [6, 6.07) is 9.24. The SMILES string of the molecule is O=S(=O)(c1ccc(O)c(C2CCCC2)c1)c1ccc(O)c(C2CCCC2)c1. The number of phenols is 2. The smallest absolute Gasteiger partial charge is 0.206 e. The van der Waals surface area contributed by atoms with Gasteiger partial charge in [0.25, 0.3) is 0 Å². The number of hydrogen-bond donors (Lipinski definition) is 2. The molecule has 4 rings (SSSR count). The zero-order valence-corrected chi connectivity index (χ0v) is 16.2. The van der Waals surface area contributed by atoms with Crippen molar-refractivity contribution in [2.75, 3.05) is 0 Å². The molecule has 0 spiro atoms. The summed E-state index contributed by atoms with van der Waals surface area (Å²) in [5.74, 6) is 0.819. The summed E-state index contributed by atoms with van der Waals surface area (Å²) in [7, 11) is -3.70. The fourth-order valence-electron chi connectivity index (χ4n) is 4.66. The van der Waals surface area contributed by atoms with Crippen molar-refractivity contribution in [1.29, 1.82) is 0 Å². The van der Waals surface area contributed by atoms with Crippen LogP contribution in [0.1, 0.15) is 74.3 Å². The second-order valence-corrected chi connectivity index (χ2v) is 9.86. The highest BCUT2D eigenvalue weighted by atomic mass is 32.2. The zero-order valence-electron chi connectivity index (χ0n) is 15.4. The molecule has 2 saturated carbocycles. The van der Waals surface area contributed by atoms with E-state index in [4.69, 9.17) is 0 Å². The van der Waals surface area contributed by atoms with E-state index in [1.807, 2.05) is 0 Å². The maximum Gasteiger partial charge on any atom is 0.206 e. The van der Waals surface area contributed by atoms with Gasteiger partial charge in [0.1, 0.15) is 11.5 Å². The molecule has 0 heterocycles. The summed E-state index contributed by atoms with van der Waals surface area (Å²) in [5, 5.41) is 20.5. The first-order valence-electron chi connectivity index (χ1n) is 9.88. The van der Waals surface area contributed by atoms with Gasteiger partial charge in [0, 0.05) is 0 Å². The molecule has 2 aliphatic carbocycles. The summed E-state index contributed by atoms with van der Waals surface area (Å²) >= 11 is 0. The molecule has 144 valence electrons. The van der Waals surface area contributed by atoms with E-state index < -0.39 is 9.84 Å². The summed E-state index contributed by atoms with van der Waals surface area (Å²) in [4.78, 5) is 0.426. The van der Waals surface area contributed by atoms with Crippen LogP contribution >= 0.6 is 0 Å². The van der Waals surface area contributed by atoms with E-state index in [1.165, 1.54) is 24.3 Å². The number of phenolic OH excluding ortho intramolecular Hbond substituents is 2. The first-order valence-corrected chi connectivity index (χ1v) is 11.4. The van der Waals surface area contributed by atoms with Crippen LogP contribution in [0.5, 0.6) is 11.5 Å². The highest BCUT2D eigenvalue weighted by Gasteiger charge is 2.26. The Balaban J connectivity index is 1.73. The average molecular weight is 387 g/mol. The largest absolute Gasteiger partial charge is 0.508 e. The number of hydrogen-bond acceptors (Lipinski definition) is 4. The van der Waals surface area contributed by atoms with Gasteiger partial charge in [-0.05, 0) is 85.0 Å². The molecule has 0 radical (unpaired) electrons. The van der Waals surface area contributed by atoms with Gasteiger partial charge in [-0.25, -0.2) is 8.42 Å². The van der Waals surface area contributed by atoms with Gasteiger partial charge in [-0.3, -0.25) is 0 Å². The van der Waals surface area contributed by atoms with Crippen molar-refractivity contribution in [2.45, 2.75) is 73.0 Å². The predicted molar refractivity (Wildman–Crippen MR) is 104 cm³/mol. The highest BCUT2D eigenvalue weighted by Crippen LogP contribution is 2.42. The van der Waals surface area contributed by atoms with Crippen molar-refractivity contribution in [3.63, 3.8) is 0 Å². The fourth-order valence-corrected chi connectivity index (χ4v) is 5.99. The van der Waals surface area contributed by atoms with Crippen LogP contribution in [0, 0.1) is 0 Å². The minimum Gasteiger partial charge on any atom is -0.508 e. The first-order chi connectivity index (χ1) is 13.0. The van der Waals surface area contributed by atoms with Gasteiger partial charge in [-0.1, -0.05) is 25.7 Å². The third kappa shape index (κ3) is 3.45. The van der Waals surface area contributed by atoms with E-state index in [0.717, 1.165) is 62.5 Å². The van der Waals surface area contributed by atoms with Crippen molar-refractivity contribution in [2.24, 2.45) is 0 Å². The van der Waals surface area contributed by atoms with Gasteiger partial charge < -0.3 is 10.2 Å². The highest BCUT2D eigenvalue weighted by molar-refractivity contribution is 7.91.